The van der Waals surface area contributed by atoms with Crippen molar-refractivity contribution in [3.05, 3.63) is 35.1 Å². The van der Waals surface area contributed by atoms with Gasteiger partial charge in [0.25, 0.3) is 0 Å². The second kappa shape index (κ2) is 9.76. The van der Waals surface area contributed by atoms with Gasteiger partial charge in [0, 0.05) is 19.7 Å². The number of aliphatic imine (C=N–C) groups is 1. The Morgan fingerprint density at radius 2 is 2.00 bits per heavy atom. The van der Waals surface area contributed by atoms with Crippen LogP contribution < -0.4 is 10.6 Å². The Hall–Kier alpha value is -1.62. The molecule has 4 nitrogen and oxygen atoms in total. The van der Waals surface area contributed by atoms with Crippen LogP contribution in [0.5, 0.6) is 0 Å². The van der Waals surface area contributed by atoms with E-state index >= 15 is 0 Å². The van der Waals surface area contributed by atoms with Gasteiger partial charge >= 0.3 is 0 Å². The van der Waals surface area contributed by atoms with Crippen LogP contribution >= 0.6 is 0 Å². The molecule has 0 bridgehead atoms. The normalized spacial score (nSPS) is 17.4. The second-order valence-electron chi connectivity index (χ2n) is 7.17. The van der Waals surface area contributed by atoms with Gasteiger partial charge in [0.05, 0.1) is 6.54 Å². The van der Waals surface area contributed by atoms with E-state index in [0.717, 1.165) is 43.9 Å². The molecule has 1 aliphatic rings. The Morgan fingerprint density at radius 3 is 2.64 bits per heavy atom. The van der Waals surface area contributed by atoms with E-state index in [0.29, 0.717) is 12.1 Å². The van der Waals surface area contributed by atoms with Gasteiger partial charge in [-0.25, -0.2) is 9.38 Å². The predicted molar refractivity (Wildman–Crippen MR) is 101 cm³/mol. The van der Waals surface area contributed by atoms with Gasteiger partial charge in [0.15, 0.2) is 5.96 Å². The maximum atomic E-state index is 13.7. The number of aliphatic hydroxyl groups is 1. The van der Waals surface area contributed by atoms with Crippen LogP contribution in [0.4, 0.5) is 4.39 Å². The molecule has 25 heavy (non-hydrogen) atoms. The van der Waals surface area contributed by atoms with Crippen molar-refractivity contribution >= 4 is 5.96 Å². The zero-order valence-electron chi connectivity index (χ0n) is 15.6. The molecule has 1 saturated carbocycles. The first kappa shape index (κ1) is 19.7. The van der Waals surface area contributed by atoms with Crippen LogP contribution in [0.1, 0.15) is 56.6 Å². The molecule has 3 N–H and O–H groups in total. The van der Waals surface area contributed by atoms with Crippen LogP contribution in [0.25, 0.3) is 0 Å². The van der Waals surface area contributed by atoms with Crippen molar-refractivity contribution in [1.82, 2.24) is 10.6 Å². The molecular weight excluding hydrogens is 317 g/mol. The van der Waals surface area contributed by atoms with Crippen LogP contribution in [0.15, 0.2) is 23.2 Å². The molecule has 0 atom stereocenters. The molecule has 140 valence electrons. The molecule has 0 amide bonds. The van der Waals surface area contributed by atoms with Crippen molar-refractivity contribution in [3.8, 4) is 0 Å². The van der Waals surface area contributed by atoms with E-state index in [4.69, 9.17) is 0 Å². The standard InChI is InChI=1S/C20H32FN3O/c1-3-22-19(23-14-17-8-7-16(2)18(21)13-17)24-15-20(11-12-25)9-5-4-6-10-20/h7-8,13,25H,3-6,9-12,14-15H2,1-2H3,(H2,22,23,24). The number of nitrogens with one attached hydrogen (secondary N) is 2. The van der Waals surface area contributed by atoms with Gasteiger partial charge in [-0.1, -0.05) is 31.4 Å². The number of rotatable bonds is 7. The summed E-state index contributed by atoms with van der Waals surface area (Å²) < 4.78 is 13.7. The summed E-state index contributed by atoms with van der Waals surface area (Å²) in [6, 6.07) is 5.26. The van der Waals surface area contributed by atoms with Crippen molar-refractivity contribution < 1.29 is 9.50 Å². The highest BCUT2D eigenvalue weighted by Gasteiger charge is 2.31. The molecule has 0 aromatic heterocycles. The molecule has 0 radical (unpaired) electrons. The van der Waals surface area contributed by atoms with Crippen molar-refractivity contribution in [2.75, 3.05) is 19.7 Å². The fourth-order valence-electron chi connectivity index (χ4n) is 3.57. The summed E-state index contributed by atoms with van der Waals surface area (Å²) in [6.45, 7) is 6.08. The second-order valence-corrected chi connectivity index (χ2v) is 7.17. The lowest BCUT2D eigenvalue weighted by Gasteiger charge is -2.37. The largest absolute Gasteiger partial charge is 0.396 e. The van der Waals surface area contributed by atoms with Gasteiger partial charge in [-0.2, -0.15) is 0 Å². The Bertz CT molecular complexity index is 563. The molecule has 1 fully saturated rings. The Balaban J connectivity index is 1.99. The van der Waals surface area contributed by atoms with Gasteiger partial charge in [-0.15, -0.1) is 0 Å². The van der Waals surface area contributed by atoms with Crippen LogP contribution in [-0.4, -0.2) is 30.8 Å². The van der Waals surface area contributed by atoms with Crippen molar-refractivity contribution in [1.29, 1.82) is 0 Å². The fraction of sp³-hybridized carbons (Fsp3) is 0.650. The van der Waals surface area contributed by atoms with E-state index in [1.807, 2.05) is 13.0 Å². The minimum absolute atomic E-state index is 0.166. The van der Waals surface area contributed by atoms with Gasteiger partial charge in [0.1, 0.15) is 5.82 Å². The third-order valence-electron chi connectivity index (χ3n) is 5.19. The summed E-state index contributed by atoms with van der Waals surface area (Å²) >= 11 is 0. The average molecular weight is 349 g/mol. The maximum Gasteiger partial charge on any atom is 0.191 e. The number of halogens is 1. The molecule has 1 aromatic carbocycles. The van der Waals surface area contributed by atoms with Crippen LogP contribution in [0.2, 0.25) is 0 Å². The highest BCUT2D eigenvalue weighted by atomic mass is 19.1. The molecule has 2 rings (SSSR count). The lowest BCUT2D eigenvalue weighted by Crippen LogP contribution is -2.44. The van der Waals surface area contributed by atoms with Crippen molar-refractivity contribution in [2.45, 2.75) is 58.9 Å². The lowest BCUT2D eigenvalue weighted by molar-refractivity contribution is 0.131. The van der Waals surface area contributed by atoms with E-state index in [-0.39, 0.29) is 17.8 Å². The molecule has 5 heteroatoms. The zero-order valence-corrected chi connectivity index (χ0v) is 15.6. The highest BCUT2D eigenvalue weighted by Crippen LogP contribution is 2.38. The van der Waals surface area contributed by atoms with Gasteiger partial charge in [-0.3, -0.25) is 0 Å². The van der Waals surface area contributed by atoms with Gasteiger partial charge in [0.2, 0.25) is 0 Å². The number of benzene rings is 1. The molecule has 0 saturated heterocycles. The predicted octanol–water partition coefficient (Wildman–Crippen LogP) is 3.52. The van der Waals surface area contributed by atoms with Gasteiger partial charge < -0.3 is 15.7 Å². The molecule has 0 aliphatic heterocycles. The van der Waals surface area contributed by atoms with E-state index < -0.39 is 0 Å². The summed E-state index contributed by atoms with van der Waals surface area (Å²) in [6.07, 6.45) is 6.91. The number of nitrogens with zero attached hydrogens (tertiary/aromatic N) is 1. The zero-order chi connectivity index (χ0) is 18.1. The first-order valence-corrected chi connectivity index (χ1v) is 9.47. The smallest absolute Gasteiger partial charge is 0.191 e. The van der Waals surface area contributed by atoms with Crippen LogP contribution in [0.3, 0.4) is 0 Å². The molecular formula is C20H32FN3O. The quantitative estimate of drug-likeness (QED) is 0.521. The summed E-state index contributed by atoms with van der Waals surface area (Å²) in [7, 11) is 0. The maximum absolute atomic E-state index is 13.7. The van der Waals surface area contributed by atoms with E-state index in [2.05, 4.69) is 15.6 Å². The third-order valence-corrected chi connectivity index (χ3v) is 5.19. The number of hydrogen-bond donors (Lipinski definition) is 3. The van der Waals surface area contributed by atoms with Crippen LogP contribution in [0, 0.1) is 18.2 Å². The van der Waals surface area contributed by atoms with Crippen molar-refractivity contribution in [3.63, 3.8) is 0 Å². The Morgan fingerprint density at radius 1 is 1.24 bits per heavy atom. The SMILES string of the molecule is CCNC(=NCc1ccc(C)c(F)c1)NCC1(CCO)CCCCC1. The third kappa shape index (κ3) is 5.99. The molecule has 0 spiro atoms. The molecule has 1 aromatic rings. The summed E-state index contributed by atoms with van der Waals surface area (Å²) in [5.41, 5.74) is 1.68. The topological polar surface area (TPSA) is 56.7 Å². The summed E-state index contributed by atoms with van der Waals surface area (Å²) in [5, 5.41) is 16.2. The minimum atomic E-state index is -0.185. The molecule has 0 heterocycles. The summed E-state index contributed by atoms with van der Waals surface area (Å²) in [4.78, 5) is 4.60. The minimum Gasteiger partial charge on any atom is -0.396 e. The van der Waals surface area contributed by atoms with E-state index in [1.54, 1.807) is 19.1 Å². The first-order valence-electron chi connectivity index (χ1n) is 9.47. The highest BCUT2D eigenvalue weighted by molar-refractivity contribution is 5.79. The lowest BCUT2D eigenvalue weighted by atomic mass is 9.72. The molecule has 1 aliphatic carbocycles. The fourth-order valence-corrected chi connectivity index (χ4v) is 3.57. The van der Waals surface area contributed by atoms with E-state index in [1.165, 1.54) is 19.3 Å². The van der Waals surface area contributed by atoms with E-state index in [9.17, 15) is 9.50 Å². The number of aryl methyl sites for hydroxylation is 1. The first-order chi connectivity index (χ1) is 12.1. The van der Waals surface area contributed by atoms with Crippen LogP contribution in [-0.2, 0) is 6.54 Å². The number of guanidine groups is 1. The van der Waals surface area contributed by atoms with Gasteiger partial charge in [-0.05, 0) is 55.7 Å². The number of aliphatic hydroxyl groups excluding tert-OH is 1. The average Bonchev–Trinajstić information content (AvgIpc) is 2.61. The Labute approximate surface area is 150 Å². The monoisotopic (exact) mass is 349 g/mol. The Kier molecular flexibility index (Phi) is 7.69. The molecule has 0 unspecified atom stereocenters. The van der Waals surface area contributed by atoms with Crippen molar-refractivity contribution in [2.24, 2.45) is 10.4 Å². The number of hydrogen-bond acceptors (Lipinski definition) is 2. The summed E-state index contributed by atoms with van der Waals surface area (Å²) in [5.74, 6) is 0.570.